The van der Waals surface area contributed by atoms with E-state index in [4.69, 9.17) is 32.7 Å². The second-order valence-electron chi connectivity index (χ2n) is 4.02. The van der Waals surface area contributed by atoms with E-state index in [9.17, 15) is 9.59 Å². The Hall–Kier alpha value is -1.26. The molecule has 1 aromatic rings. The van der Waals surface area contributed by atoms with Crippen LogP contribution in [0.1, 0.15) is 40.5 Å². The molecule has 0 radical (unpaired) electrons. The molecule has 0 saturated heterocycles. The first-order chi connectivity index (χ1) is 9.56. The molecule has 0 atom stereocenters. The SMILES string of the molecule is CCCCOC(=O)c1ccccc1C(=O)OCC(Cl)Cl. The summed E-state index contributed by atoms with van der Waals surface area (Å²) in [4.78, 5) is 23.0. The Morgan fingerprint density at radius 1 is 1.10 bits per heavy atom. The molecule has 0 spiro atoms. The maximum Gasteiger partial charge on any atom is 0.339 e. The Morgan fingerprint density at radius 3 is 2.15 bits per heavy atom. The van der Waals surface area contributed by atoms with E-state index in [1.54, 1.807) is 12.1 Å². The lowest BCUT2D eigenvalue weighted by Gasteiger charge is -2.09. The fourth-order valence-electron chi connectivity index (χ4n) is 1.44. The number of benzene rings is 1. The van der Waals surface area contributed by atoms with Crippen LogP contribution in [0.5, 0.6) is 0 Å². The van der Waals surface area contributed by atoms with Gasteiger partial charge in [-0.2, -0.15) is 0 Å². The van der Waals surface area contributed by atoms with Crippen LogP contribution in [0.25, 0.3) is 0 Å². The van der Waals surface area contributed by atoms with Crippen molar-refractivity contribution in [3.63, 3.8) is 0 Å². The van der Waals surface area contributed by atoms with E-state index in [0.29, 0.717) is 6.61 Å². The molecule has 0 heterocycles. The lowest BCUT2D eigenvalue weighted by molar-refractivity contribution is 0.0462. The maximum absolute atomic E-state index is 11.9. The molecule has 1 rings (SSSR count). The van der Waals surface area contributed by atoms with Crippen molar-refractivity contribution in [1.82, 2.24) is 0 Å². The quantitative estimate of drug-likeness (QED) is 0.438. The van der Waals surface area contributed by atoms with Crippen LogP contribution >= 0.6 is 23.2 Å². The summed E-state index contributed by atoms with van der Waals surface area (Å²) < 4.78 is 9.98. The van der Waals surface area contributed by atoms with Gasteiger partial charge in [-0.25, -0.2) is 9.59 Å². The molecule has 6 heteroatoms. The van der Waals surface area contributed by atoms with E-state index in [1.165, 1.54) is 12.1 Å². The van der Waals surface area contributed by atoms with Gasteiger partial charge in [0.15, 0.2) is 0 Å². The molecule has 0 aliphatic carbocycles. The van der Waals surface area contributed by atoms with Gasteiger partial charge in [0.1, 0.15) is 11.4 Å². The van der Waals surface area contributed by atoms with Crippen LogP contribution in [0.3, 0.4) is 0 Å². The minimum Gasteiger partial charge on any atom is -0.462 e. The Balaban J connectivity index is 2.76. The third-order valence-corrected chi connectivity index (χ3v) is 2.69. The Labute approximate surface area is 128 Å². The van der Waals surface area contributed by atoms with E-state index in [-0.39, 0.29) is 17.7 Å². The summed E-state index contributed by atoms with van der Waals surface area (Å²) in [5.74, 6) is -1.20. The summed E-state index contributed by atoms with van der Waals surface area (Å²) in [7, 11) is 0. The number of halogens is 2. The van der Waals surface area contributed by atoms with Crippen LogP contribution in [0, 0.1) is 0 Å². The summed E-state index contributed by atoms with van der Waals surface area (Å²) in [6.45, 7) is 2.18. The molecule has 0 fully saturated rings. The lowest BCUT2D eigenvalue weighted by Crippen LogP contribution is -2.16. The zero-order valence-corrected chi connectivity index (χ0v) is 12.6. The van der Waals surface area contributed by atoms with E-state index < -0.39 is 16.8 Å². The predicted octanol–water partition coefficient (Wildman–Crippen LogP) is 3.60. The number of rotatable bonds is 7. The third-order valence-electron chi connectivity index (χ3n) is 2.44. The van der Waals surface area contributed by atoms with Gasteiger partial charge in [-0.1, -0.05) is 25.5 Å². The normalized spacial score (nSPS) is 10.4. The van der Waals surface area contributed by atoms with E-state index >= 15 is 0 Å². The number of esters is 2. The molecule has 0 aliphatic heterocycles. The summed E-state index contributed by atoms with van der Waals surface area (Å²) in [5, 5.41) is 0. The van der Waals surface area contributed by atoms with Gasteiger partial charge < -0.3 is 9.47 Å². The van der Waals surface area contributed by atoms with Gasteiger partial charge in [-0.05, 0) is 18.6 Å². The minimum absolute atomic E-state index is 0.138. The molecular weight excluding hydrogens is 303 g/mol. The number of ether oxygens (including phenoxy) is 2. The minimum atomic E-state index is -0.803. The topological polar surface area (TPSA) is 52.6 Å². The Morgan fingerprint density at radius 2 is 1.65 bits per heavy atom. The van der Waals surface area contributed by atoms with Crippen molar-refractivity contribution < 1.29 is 19.1 Å². The number of alkyl halides is 2. The highest BCUT2D eigenvalue weighted by molar-refractivity contribution is 6.44. The highest BCUT2D eigenvalue weighted by Crippen LogP contribution is 2.13. The van der Waals surface area contributed by atoms with Gasteiger partial charge in [0.05, 0.1) is 17.7 Å². The molecule has 0 amide bonds. The van der Waals surface area contributed by atoms with Crippen molar-refractivity contribution in [2.45, 2.75) is 24.6 Å². The van der Waals surface area contributed by atoms with Gasteiger partial charge >= 0.3 is 11.9 Å². The zero-order chi connectivity index (χ0) is 15.0. The summed E-state index contributed by atoms with van der Waals surface area (Å²) >= 11 is 11.0. The van der Waals surface area contributed by atoms with Crippen LogP contribution in [-0.2, 0) is 9.47 Å². The molecule has 0 bridgehead atoms. The Bertz CT molecular complexity index is 460. The number of carbonyl (C=O) groups is 2. The first kappa shape index (κ1) is 16.8. The second-order valence-corrected chi connectivity index (χ2v) is 5.30. The lowest BCUT2D eigenvalue weighted by atomic mass is 10.1. The molecule has 110 valence electrons. The maximum atomic E-state index is 11.9. The first-order valence-corrected chi connectivity index (χ1v) is 7.15. The van der Waals surface area contributed by atoms with E-state index in [2.05, 4.69) is 0 Å². The van der Waals surface area contributed by atoms with Crippen LogP contribution in [0.4, 0.5) is 0 Å². The van der Waals surface area contributed by atoms with Crippen molar-refractivity contribution in [3.05, 3.63) is 35.4 Å². The highest BCUT2D eigenvalue weighted by Gasteiger charge is 2.19. The van der Waals surface area contributed by atoms with Crippen molar-refractivity contribution in [3.8, 4) is 0 Å². The van der Waals surface area contributed by atoms with Gasteiger partial charge in [0.25, 0.3) is 0 Å². The van der Waals surface area contributed by atoms with E-state index in [1.807, 2.05) is 6.92 Å². The largest absolute Gasteiger partial charge is 0.462 e. The van der Waals surface area contributed by atoms with Crippen LogP contribution < -0.4 is 0 Å². The van der Waals surface area contributed by atoms with Gasteiger partial charge in [0, 0.05) is 0 Å². The average molecular weight is 319 g/mol. The summed E-state index contributed by atoms with van der Waals surface area (Å²) in [6.07, 6.45) is 1.70. The smallest absolute Gasteiger partial charge is 0.339 e. The molecule has 1 aromatic carbocycles. The second kappa shape index (κ2) is 8.82. The molecule has 0 unspecified atom stereocenters. The molecular formula is C14H16Cl2O4. The van der Waals surface area contributed by atoms with Gasteiger partial charge in [0.2, 0.25) is 0 Å². The van der Waals surface area contributed by atoms with Crippen molar-refractivity contribution in [2.75, 3.05) is 13.2 Å². The monoisotopic (exact) mass is 318 g/mol. The third kappa shape index (κ3) is 5.39. The average Bonchev–Trinajstić information content (AvgIpc) is 2.44. The molecule has 0 aliphatic rings. The fourth-order valence-corrected chi connectivity index (χ4v) is 1.57. The van der Waals surface area contributed by atoms with Crippen LogP contribution in [0.2, 0.25) is 0 Å². The Kier molecular flexibility index (Phi) is 7.41. The van der Waals surface area contributed by atoms with Crippen molar-refractivity contribution in [2.24, 2.45) is 0 Å². The first-order valence-electron chi connectivity index (χ1n) is 6.27. The number of unbranched alkanes of at least 4 members (excludes halogenated alkanes) is 1. The molecule has 20 heavy (non-hydrogen) atoms. The van der Waals surface area contributed by atoms with Crippen molar-refractivity contribution >= 4 is 35.1 Å². The van der Waals surface area contributed by atoms with Gasteiger partial charge in [-0.3, -0.25) is 0 Å². The van der Waals surface area contributed by atoms with Crippen LogP contribution in [0.15, 0.2) is 24.3 Å². The molecule has 0 saturated carbocycles. The predicted molar refractivity (Wildman–Crippen MR) is 77.4 cm³/mol. The summed E-state index contributed by atoms with van der Waals surface area (Å²) in [6, 6.07) is 6.30. The number of hydrogen-bond donors (Lipinski definition) is 0. The van der Waals surface area contributed by atoms with Crippen LogP contribution in [-0.4, -0.2) is 30.0 Å². The van der Waals surface area contributed by atoms with Gasteiger partial charge in [-0.15, -0.1) is 23.2 Å². The van der Waals surface area contributed by atoms with E-state index in [0.717, 1.165) is 12.8 Å². The van der Waals surface area contributed by atoms with Crippen molar-refractivity contribution in [1.29, 1.82) is 0 Å². The highest BCUT2D eigenvalue weighted by atomic mass is 35.5. The summed E-state index contributed by atoms with van der Waals surface area (Å²) in [5.41, 5.74) is 0.317. The number of hydrogen-bond acceptors (Lipinski definition) is 4. The molecule has 4 nitrogen and oxygen atoms in total. The fraction of sp³-hybridized carbons (Fsp3) is 0.429. The molecule has 0 N–H and O–H groups in total. The molecule has 0 aromatic heterocycles. The number of carbonyl (C=O) groups excluding carboxylic acids is 2. The standard InChI is InChI=1S/C14H16Cl2O4/c1-2-3-8-19-13(17)10-6-4-5-7-11(10)14(18)20-9-12(15)16/h4-7,12H,2-3,8-9H2,1H3. The zero-order valence-electron chi connectivity index (χ0n) is 11.1.